The van der Waals surface area contributed by atoms with Gasteiger partial charge in [-0.2, -0.15) is 5.10 Å². The van der Waals surface area contributed by atoms with Crippen LogP contribution in [0.2, 0.25) is 0 Å². The monoisotopic (exact) mass is 414 g/mol. The minimum atomic E-state index is -0.0765. The molecular formula is C21H26N4O3S. The maximum atomic E-state index is 12.0. The quantitative estimate of drug-likeness (QED) is 0.470. The van der Waals surface area contributed by atoms with Gasteiger partial charge in [0.2, 0.25) is 4.77 Å². The van der Waals surface area contributed by atoms with Gasteiger partial charge in [0.1, 0.15) is 5.75 Å². The van der Waals surface area contributed by atoms with Crippen LogP contribution in [0.1, 0.15) is 25.3 Å². The van der Waals surface area contributed by atoms with Gasteiger partial charge in [-0.25, -0.2) is 4.68 Å². The van der Waals surface area contributed by atoms with E-state index >= 15 is 0 Å². The summed E-state index contributed by atoms with van der Waals surface area (Å²) in [6.45, 7) is 6.63. The zero-order valence-corrected chi connectivity index (χ0v) is 17.9. The van der Waals surface area contributed by atoms with Gasteiger partial charge in [-0.1, -0.05) is 0 Å². The molecule has 0 aliphatic carbocycles. The first-order chi connectivity index (χ1) is 14.0. The molecule has 0 saturated carbocycles. The van der Waals surface area contributed by atoms with E-state index < -0.39 is 0 Å². The molecule has 1 aliphatic heterocycles. The lowest BCUT2D eigenvalue weighted by molar-refractivity contribution is -0.149. The Kier molecular flexibility index (Phi) is 5.56. The fourth-order valence-corrected chi connectivity index (χ4v) is 4.31. The molecule has 0 atom stereocenters. The smallest absolute Gasteiger partial charge is 0.309 e. The van der Waals surface area contributed by atoms with Crippen LogP contribution in [0.3, 0.4) is 0 Å². The maximum absolute atomic E-state index is 12.0. The van der Waals surface area contributed by atoms with Crippen molar-refractivity contribution in [3.05, 3.63) is 34.6 Å². The Bertz CT molecular complexity index is 1110. The van der Waals surface area contributed by atoms with Crippen LogP contribution in [-0.4, -0.2) is 51.9 Å². The van der Waals surface area contributed by atoms with E-state index in [1.165, 1.54) is 0 Å². The van der Waals surface area contributed by atoms with E-state index in [2.05, 4.69) is 24.0 Å². The summed E-state index contributed by atoms with van der Waals surface area (Å²) in [5.74, 6) is 0.715. The van der Waals surface area contributed by atoms with Crippen LogP contribution < -0.4 is 4.74 Å². The van der Waals surface area contributed by atoms with Crippen LogP contribution in [-0.2, 0) is 16.2 Å². The van der Waals surface area contributed by atoms with Crippen molar-refractivity contribution in [2.45, 2.75) is 33.4 Å². The normalized spacial score (nSPS) is 15.8. The molecule has 29 heavy (non-hydrogen) atoms. The van der Waals surface area contributed by atoms with E-state index in [-0.39, 0.29) is 11.9 Å². The number of fused-ring (bicyclic) bond motifs is 3. The molecule has 4 rings (SSSR count). The van der Waals surface area contributed by atoms with Gasteiger partial charge in [0.05, 0.1) is 31.8 Å². The number of methoxy groups -OCH3 is 1. The maximum Gasteiger partial charge on any atom is 0.309 e. The molecule has 0 amide bonds. The molecule has 2 aromatic heterocycles. The number of benzene rings is 1. The molecule has 1 aromatic carbocycles. The molecule has 1 aliphatic rings. The molecule has 3 aromatic rings. The number of likely N-dealkylation sites (tertiary alicyclic amines) is 1. The summed E-state index contributed by atoms with van der Waals surface area (Å²) in [6, 6.07) is 8.08. The Labute approximate surface area is 174 Å². The molecule has 154 valence electrons. The van der Waals surface area contributed by atoms with E-state index in [1.54, 1.807) is 7.11 Å². The number of carbonyl (C=O) groups is 1. The van der Waals surface area contributed by atoms with Gasteiger partial charge in [0.25, 0.3) is 0 Å². The highest BCUT2D eigenvalue weighted by Crippen LogP contribution is 2.26. The lowest BCUT2D eigenvalue weighted by Gasteiger charge is -2.30. The number of aromatic nitrogens is 3. The highest BCUT2D eigenvalue weighted by atomic mass is 32.1. The predicted octanol–water partition coefficient (Wildman–Crippen LogP) is 3.57. The number of pyridine rings is 1. The van der Waals surface area contributed by atoms with Gasteiger partial charge in [-0.15, -0.1) is 0 Å². The Morgan fingerprint density at radius 3 is 2.72 bits per heavy atom. The first-order valence-electron chi connectivity index (χ1n) is 9.97. The van der Waals surface area contributed by atoms with Crippen LogP contribution in [0.15, 0.2) is 24.3 Å². The molecule has 0 radical (unpaired) electrons. The van der Waals surface area contributed by atoms with Gasteiger partial charge in [0.15, 0.2) is 5.65 Å². The second-order valence-corrected chi connectivity index (χ2v) is 7.84. The van der Waals surface area contributed by atoms with E-state index in [9.17, 15) is 4.79 Å². The third-order valence-corrected chi connectivity index (χ3v) is 6.02. The highest BCUT2D eigenvalue weighted by molar-refractivity contribution is 7.71. The summed E-state index contributed by atoms with van der Waals surface area (Å²) >= 11 is 5.77. The van der Waals surface area contributed by atoms with Crippen molar-refractivity contribution >= 4 is 34.7 Å². The predicted molar refractivity (Wildman–Crippen MR) is 114 cm³/mol. The van der Waals surface area contributed by atoms with Gasteiger partial charge >= 0.3 is 5.97 Å². The van der Waals surface area contributed by atoms with Crippen molar-refractivity contribution in [3.8, 4) is 5.75 Å². The van der Waals surface area contributed by atoms with E-state index in [4.69, 9.17) is 26.8 Å². The van der Waals surface area contributed by atoms with Crippen molar-refractivity contribution in [1.29, 1.82) is 0 Å². The minimum Gasteiger partial charge on any atom is -0.497 e. The number of esters is 1. The van der Waals surface area contributed by atoms with Gasteiger partial charge in [-0.05, 0) is 62.7 Å². The Balaban J connectivity index is 1.61. The van der Waals surface area contributed by atoms with Crippen molar-refractivity contribution in [2.75, 3.05) is 26.8 Å². The molecule has 8 heteroatoms. The van der Waals surface area contributed by atoms with Crippen LogP contribution in [0.4, 0.5) is 0 Å². The minimum absolute atomic E-state index is 0.000649. The van der Waals surface area contributed by atoms with Gasteiger partial charge < -0.3 is 9.47 Å². The number of nitrogens with zero attached hydrogens (tertiary/aromatic N) is 4. The Morgan fingerprint density at radius 2 is 2.03 bits per heavy atom. The summed E-state index contributed by atoms with van der Waals surface area (Å²) in [7, 11) is 1.66. The zero-order valence-electron chi connectivity index (χ0n) is 17.1. The third-order valence-electron chi connectivity index (χ3n) is 5.62. The van der Waals surface area contributed by atoms with Crippen molar-refractivity contribution in [3.63, 3.8) is 0 Å². The Hall–Kier alpha value is -2.45. The summed E-state index contributed by atoms with van der Waals surface area (Å²) in [4.78, 5) is 14.2. The number of aryl methyl sites for hydroxylation is 1. The largest absolute Gasteiger partial charge is 0.497 e. The van der Waals surface area contributed by atoms with Crippen LogP contribution in [0, 0.1) is 17.6 Å². The number of ether oxygens (including phenoxy) is 2. The molecule has 1 saturated heterocycles. The highest BCUT2D eigenvalue weighted by Gasteiger charge is 2.26. The zero-order chi connectivity index (χ0) is 20.5. The number of carbonyl (C=O) groups excluding carboxylic acids is 1. The average Bonchev–Trinajstić information content (AvgIpc) is 3.03. The first kappa shape index (κ1) is 19.8. The second-order valence-electron chi connectivity index (χ2n) is 7.47. The van der Waals surface area contributed by atoms with Gasteiger partial charge in [-0.3, -0.25) is 14.1 Å². The van der Waals surface area contributed by atoms with E-state index in [1.807, 2.05) is 28.1 Å². The van der Waals surface area contributed by atoms with Gasteiger partial charge in [0, 0.05) is 24.5 Å². The van der Waals surface area contributed by atoms with Crippen LogP contribution in [0.5, 0.6) is 5.75 Å². The molecule has 0 bridgehead atoms. The first-order valence-corrected chi connectivity index (χ1v) is 10.4. The fraction of sp³-hybridized carbons (Fsp3) is 0.476. The summed E-state index contributed by atoms with van der Waals surface area (Å²) < 4.78 is 15.1. The van der Waals surface area contributed by atoms with E-state index in [0.29, 0.717) is 18.0 Å². The average molecular weight is 415 g/mol. The molecule has 0 spiro atoms. The lowest BCUT2D eigenvalue weighted by atomic mass is 9.97. The van der Waals surface area contributed by atoms with E-state index in [0.717, 1.165) is 53.8 Å². The number of hydrogen-bond donors (Lipinski definition) is 0. The SMILES string of the molecule is CCOC(=O)C1CCN(Cn2nc3cc(C)c4ccc(OC)cc4n3c2=S)CC1. The summed E-state index contributed by atoms with van der Waals surface area (Å²) in [6.07, 6.45) is 1.61. The lowest BCUT2D eigenvalue weighted by Crippen LogP contribution is -2.38. The standard InChI is InChI=1S/C21H26N4O3S/c1-4-28-20(26)15-7-9-23(10-8-15)13-24-21(29)25-18-12-16(27-3)5-6-17(18)14(2)11-19(25)22-24/h5-6,11-12,15H,4,7-10,13H2,1-3H3. The molecule has 3 heterocycles. The van der Waals surface area contributed by atoms with Crippen molar-refractivity contribution in [1.82, 2.24) is 19.1 Å². The number of hydrogen-bond acceptors (Lipinski definition) is 6. The molecule has 0 unspecified atom stereocenters. The number of rotatable bonds is 5. The fourth-order valence-electron chi connectivity index (χ4n) is 4.02. The summed E-state index contributed by atoms with van der Waals surface area (Å²) in [5.41, 5.74) is 2.98. The topological polar surface area (TPSA) is 61.0 Å². The molecule has 7 nitrogen and oxygen atoms in total. The van der Waals surface area contributed by atoms with Crippen LogP contribution >= 0.6 is 12.2 Å². The molecule has 0 N–H and O–H groups in total. The Morgan fingerprint density at radius 1 is 1.28 bits per heavy atom. The number of piperidine rings is 1. The molecular weight excluding hydrogens is 388 g/mol. The summed E-state index contributed by atoms with van der Waals surface area (Å²) in [5, 5.41) is 5.89. The van der Waals surface area contributed by atoms with Crippen LogP contribution in [0.25, 0.3) is 16.6 Å². The van der Waals surface area contributed by atoms with Crippen molar-refractivity contribution in [2.24, 2.45) is 5.92 Å². The van der Waals surface area contributed by atoms with Crippen molar-refractivity contribution < 1.29 is 14.3 Å². The molecule has 1 fully saturated rings. The second kappa shape index (κ2) is 8.12. The third kappa shape index (κ3) is 3.74.